The van der Waals surface area contributed by atoms with Crippen LogP contribution in [0.15, 0.2) is 48.8 Å². The number of benzene rings is 1. The number of rotatable bonds is 5. The Morgan fingerprint density at radius 3 is 2.33 bits per heavy atom. The van der Waals surface area contributed by atoms with Crippen molar-refractivity contribution in [3.05, 3.63) is 59.9 Å². The minimum absolute atomic E-state index is 0. The van der Waals surface area contributed by atoms with Crippen molar-refractivity contribution in [3.8, 4) is 0 Å². The van der Waals surface area contributed by atoms with Crippen molar-refractivity contribution in [1.29, 1.82) is 0 Å². The normalized spacial score (nSPS) is 14.2. The van der Waals surface area contributed by atoms with Crippen molar-refractivity contribution in [2.24, 2.45) is 0 Å². The molecule has 0 aliphatic carbocycles. The van der Waals surface area contributed by atoms with E-state index in [1.165, 1.54) is 12.8 Å². The molecule has 27 heavy (non-hydrogen) atoms. The highest BCUT2D eigenvalue weighted by molar-refractivity contribution is 5.94. The van der Waals surface area contributed by atoms with Crippen molar-refractivity contribution < 1.29 is 14.3 Å². The van der Waals surface area contributed by atoms with Crippen molar-refractivity contribution >= 4 is 30.0 Å². The first-order valence-electron chi connectivity index (χ1n) is 8.77. The number of methoxy groups -OCH3 is 1. The number of aromatic nitrogens is 1. The van der Waals surface area contributed by atoms with Gasteiger partial charge in [0.15, 0.2) is 0 Å². The molecule has 1 fully saturated rings. The third-order valence-corrected chi connectivity index (χ3v) is 4.65. The summed E-state index contributed by atoms with van der Waals surface area (Å²) in [6, 6.07) is 11.3. The molecule has 2 aromatic rings. The Balaban J connectivity index is 0.00000261. The standard InChI is InChI=1S/C20H23N3O3.ClH/c1-26-19(24)14-15-2-4-16(5-3-15)20(25)22-17-8-12-23(13-9-17)18-6-10-21-11-7-18;/h2-7,10-11,17H,8-9,12-14H2,1H3,(H,22,25);1H. The van der Waals surface area contributed by atoms with Crippen molar-refractivity contribution in [1.82, 2.24) is 10.3 Å². The van der Waals surface area contributed by atoms with Crippen molar-refractivity contribution in [2.45, 2.75) is 25.3 Å². The second kappa shape index (κ2) is 9.92. The van der Waals surface area contributed by atoms with Crippen LogP contribution in [0.4, 0.5) is 5.69 Å². The van der Waals surface area contributed by atoms with Crippen LogP contribution in [0.25, 0.3) is 0 Å². The van der Waals surface area contributed by atoms with Crippen LogP contribution in [0.2, 0.25) is 0 Å². The molecular weight excluding hydrogens is 366 g/mol. The summed E-state index contributed by atoms with van der Waals surface area (Å²) in [7, 11) is 1.37. The molecule has 0 radical (unpaired) electrons. The van der Waals surface area contributed by atoms with Gasteiger partial charge in [-0.15, -0.1) is 12.4 Å². The number of nitrogens with zero attached hydrogens (tertiary/aromatic N) is 2. The molecule has 0 unspecified atom stereocenters. The van der Waals surface area contributed by atoms with Crippen LogP contribution in [0, 0.1) is 0 Å². The largest absolute Gasteiger partial charge is 0.469 e. The van der Waals surface area contributed by atoms with Crippen LogP contribution in [0.5, 0.6) is 0 Å². The Labute approximate surface area is 165 Å². The van der Waals surface area contributed by atoms with Crippen LogP contribution in [-0.2, 0) is 16.0 Å². The van der Waals surface area contributed by atoms with Gasteiger partial charge in [-0.25, -0.2) is 0 Å². The fraction of sp³-hybridized carbons (Fsp3) is 0.350. The fourth-order valence-electron chi connectivity index (χ4n) is 3.12. The average Bonchev–Trinajstić information content (AvgIpc) is 2.69. The molecule has 1 aromatic heterocycles. The molecule has 0 atom stereocenters. The van der Waals surface area contributed by atoms with E-state index in [0.717, 1.165) is 31.5 Å². The van der Waals surface area contributed by atoms with E-state index in [1.54, 1.807) is 36.7 Å². The minimum Gasteiger partial charge on any atom is -0.469 e. The van der Waals surface area contributed by atoms with Gasteiger partial charge in [0.1, 0.15) is 0 Å². The average molecular weight is 390 g/mol. The van der Waals surface area contributed by atoms with Crippen LogP contribution in [0.3, 0.4) is 0 Å². The molecular formula is C20H24ClN3O3. The summed E-state index contributed by atoms with van der Waals surface area (Å²) in [6.07, 6.45) is 5.63. The van der Waals surface area contributed by atoms with Gasteiger partial charge in [0.2, 0.25) is 0 Å². The van der Waals surface area contributed by atoms with Crippen LogP contribution in [-0.4, -0.2) is 43.1 Å². The molecule has 1 saturated heterocycles. The van der Waals surface area contributed by atoms with Crippen LogP contribution in [0.1, 0.15) is 28.8 Å². The van der Waals surface area contributed by atoms with E-state index >= 15 is 0 Å². The first-order valence-corrected chi connectivity index (χ1v) is 8.77. The molecule has 0 spiro atoms. The molecule has 144 valence electrons. The van der Waals surface area contributed by atoms with Gasteiger partial charge in [-0.3, -0.25) is 14.6 Å². The molecule has 0 saturated carbocycles. The topological polar surface area (TPSA) is 71.5 Å². The predicted molar refractivity (Wildman–Crippen MR) is 106 cm³/mol. The highest BCUT2D eigenvalue weighted by Crippen LogP contribution is 2.19. The number of carbonyl (C=O) groups is 2. The van der Waals surface area contributed by atoms with Gasteiger partial charge >= 0.3 is 5.97 Å². The van der Waals surface area contributed by atoms with E-state index < -0.39 is 0 Å². The van der Waals surface area contributed by atoms with E-state index in [2.05, 4.69) is 19.9 Å². The fourth-order valence-corrected chi connectivity index (χ4v) is 3.12. The van der Waals surface area contributed by atoms with E-state index in [-0.39, 0.29) is 36.7 Å². The summed E-state index contributed by atoms with van der Waals surface area (Å²) in [5.74, 6) is -0.361. The number of piperidine rings is 1. The maximum Gasteiger partial charge on any atom is 0.309 e. The molecule has 2 heterocycles. The Morgan fingerprint density at radius 1 is 1.11 bits per heavy atom. The van der Waals surface area contributed by atoms with Crippen LogP contribution >= 0.6 is 12.4 Å². The maximum atomic E-state index is 12.4. The number of carbonyl (C=O) groups excluding carboxylic acids is 2. The minimum atomic E-state index is -0.289. The summed E-state index contributed by atoms with van der Waals surface area (Å²) in [6.45, 7) is 1.82. The Hall–Kier alpha value is -2.60. The lowest BCUT2D eigenvalue weighted by Crippen LogP contribution is -2.44. The SMILES string of the molecule is COC(=O)Cc1ccc(C(=O)NC2CCN(c3ccncc3)CC2)cc1.Cl. The third-order valence-electron chi connectivity index (χ3n) is 4.65. The predicted octanol–water partition coefficient (Wildman–Crippen LogP) is 2.62. The summed E-state index contributed by atoms with van der Waals surface area (Å²) in [5.41, 5.74) is 2.61. The molecule has 7 heteroatoms. The molecule has 1 aliphatic rings. The van der Waals surface area contributed by atoms with Gasteiger partial charge in [-0.05, 0) is 42.7 Å². The van der Waals surface area contributed by atoms with Crippen molar-refractivity contribution in [3.63, 3.8) is 0 Å². The number of nitrogens with one attached hydrogen (secondary N) is 1. The van der Waals surface area contributed by atoms with Gasteiger partial charge in [-0.1, -0.05) is 12.1 Å². The Morgan fingerprint density at radius 2 is 1.74 bits per heavy atom. The Kier molecular flexibility index (Phi) is 7.61. The zero-order valence-corrected chi connectivity index (χ0v) is 16.1. The number of anilines is 1. The lowest BCUT2D eigenvalue weighted by molar-refractivity contribution is -0.139. The molecule has 1 N–H and O–H groups in total. The van der Waals surface area contributed by atoms with Gasteiger partial charge in [0.05, 0.1) is 13.5 Å². The molecule has 0 bridgehead atoms. The summed E-state index contributed by atoms with van der Waals surface area (Å²) in [4.78, 5) is 30.1. The number of amides is 1. The second-order valence-corrected chi connectivity index (χ2v) is 6.39. The highest BCUT2D eigenvalue weighted by atomic mass is 35.5. The molecule has 1 aromatic carbocycles. The maximum absolute atomic E-state index is 12.4. The smallest absolute Gasteiger partial charge is 0.309 e. The summed E-state index contributed by atoms with van der Waals surface area (Å²) < 4.78 is 4.65. The highest BCUT2D eigenvalue weighted by Gasteiger charge is 2.21. The molecule has 1 amide bonds. The first-order chi connectivity index (χ1) is 12.7. The second-order valence-electron chi connectivity index (χ2n) is 6.39. The van der Waals surface area contributed by atoms with E-state index in [9.17, 15) is 9.59 Å². The number of pyridine rings is 1. The molecule has 6 nitrogen and oxygen atoms in total. The van der Waals surface area contributed by atoms with Crippen LogP contribution < -0.4 is 10.2 Å². The molecule has 3 rings (SSSR count). The number of ether oxygens (including phenoxy) is 1. The lowest BCUT2D eigenvalue weighted by atomic mass is 10.0. The van der Waals surface area contributed by atoms with Gasteiger partial charge in [0.25, 0.3) is 5.91 Å². The lowest BCUT2D eigenvalue weighted by Gasteiger charge is -2.33. The first kappa shape index (κ1) is 20.7. The zero-order chi connectivity index (χ0) is 18.4. The van der Waals surface area contributed by atoms with Gasteiger partial charge in [0, 0.05) is 42.8 Å². The number of esters is 1. The van der Waals surface area contributed by atoms with Gasteiger partial charge in [-0.2, -0.15) is 0 Å². The summed E-state index contributed by atoms with van der Waals surface area (Å²) >= 11 is 0. The quantitative estimate of drug-likeness (QED) is 0.796. The number of hydrogen-bond acceptors (Lipinski definition) is 5. The van der Waals surface area contributed by atoms with Crippen molar-refractivity contribution in [2.75, 3.05) is 25.1 Å². The summed E-state index contributed by atoms with van der Waals surface area (Å²) in [5, 5.41) is 3.11. The number of halogens is 1. The zero-order valence-electron chi connectivity index (χ0n) is 15.3. The monoisotopic (exact) mass is 389 g/mol. The van der Waals surface area contributed by atoms with E-state index in [4.69, 9.17) is 0 Å². The molecule has 1 aliphatic heterocycles. The number of hydrogen-bond donors (Lipinski definition) is 1. The van der Waals surface area contributed by atoms with E-state index in [0.29, 0.717) is 5.56 Å². The van der Waals surface area contributed by atoms with Gasteiger partial charge < -0.3 is 15.0 Å². The Bertz CT molecular complexity index is 745. The third kappa shape index (κ3) is 5.69. The van der Waals surface area contributed by atoms with E-state index in [1.807, 2.05) is 12.1 Å².